The Hall–Kier alpha value is -2.68. The van der Waals surface area contributed by atoms with Crippen LogP contribution in [0.25, 0.3) is 0 Å². The van der Waals surface area contributed by atoms with Crippen LogP contribution in [0.15, 0.2) is 71.9 Å². The van der Waals surface area contributed by atoms with Crippen LogP contribution >= 0.6 is 11.6 Å². The quantitative estimate of drug-likeness (QED) is 0.512. The number of carbonyl (C=O) groups is 1. The standard InChI is InChI=1S/C22H25ClN4O3S/c1-16(2)21(26-31(29,30)20-10-8-19(23)9-11-20)22(28)24-14-17-4-6-18(7-5-17)15-27-13-3-12-25-27/h3-13,16,21,26H,14-15H2,1-2H3,(H,24,28)/t21-/m1/s1. The van der Waals surface area contributed by atoms with E-state index in [1.807, 2.05) is 41.2 Å². The number of benzene rings is 2. The fourth-order valence-electron chi connectivity index (χ4n) is 2.98. The van der Waals surface area contributed by atoms with Crippen molar-refractivity contribution in [2.24, 2.45) is 5.92 Å². The smallest absolute Gasteiger partial charge is 0.241 e. The summed E-state index contributed by atoms with van der Waals surface area (Å²) in [6, 6.07) is 14.6. The van der Waals surface area contributed by atoms with E-state index in [1.165, 1.54) is 24.3 Å². The van der Waals surface area contributed by atoms with Gasteiger partial charge in [0.2, 0.25) is 15.9 Å². The zero-order chi connectivity index (χ0) is 22.4. The summed E-state index contributed by atoms with van der Waals surface area (Å²) in [4.78, 5) is 12.8. The van der Waals surface area contributed by atoms with Crippen LogP contribution < -0.4 is 10.0 Å². The van der Waals surface area contributed by atoms with Gasteiger partial charge in [0.15, 0.2) is 0 Å². The molecule has 1 atom stereocenters. The molecule has 0 spiro atoms. The van der Waals surface area contributed by atoms with Crippen LogP contribution in [0, 0.1) is 5.92 Å². The second-order valence-corrected chi connectivity index (χ2v) is 9.69. The normalized spacial score (nSPS) is 12.6. The summed E-state index contributed by atoms with van der Waals surface area (Å²) < 4.78 is 29.7. The topological polar surface area (TPSA) is 93.1 Å². The number of nitrogens with zero attached hydrogens (tertiary/aromatic N) is 2. The van der Waals surface area contributed by atoms with Crippen molar-refractivity contribution in [1.29, 1.82) is 0 Å². The molecule has 1 amide bonds. The Bertz CT molecular complexity index is 1100. The molecule has 0 saturated carbocycles. The number of nitrogens with one attached hydrogen (secondary N) is 2. The van der Waals surface area contributed by atoms with Crippen LogP contribution in [0.3, 0.4) is 0 Å². The maximum absolute atomic E-state index is 12.7. The molecule has 164 valence electrons. The van der Waals surface area contributed by atoms with Gasteiger partial charge in [-0.1, -0.05) is 49.7 Å². The first kappa shape index (κ1) is 23.0. The average Bonchev–Trinajstić information content (AvgIpc) is 3.24. The molecular formula is C22H25ClN4O3S. The summed E-state index contributed by atoms with van der Waals surface area (Å²) in [7, 11) is -3.86. The maximum Gasteiger partial charge on any atom is 0.241 e. The number of sulfonamides is 1. The number of aromatic nitrogens is 2. The monoisotopic (exact) mass is 460 g/mol. The summed E-state index contributed by atoms with van der Waals surface area (Å²) in [6.45, 7) is 4.55. The van der Waals surface area contributed by atoms with Gasteiger partial charge in [-0.25, -0.2) is 8.42 Å². The Kier molecular flexibility index (Phi) is 7.48. The van der Waals surface area contributed by atoms with Crippen molar-refractivity contribution >= 4 is 27.5 Å². The lowest BCUT2D eigenvalue weighted by atomic mass is 10.0. The molecule has 0 radical (unpaired) electrons. The van der Waals surface area contributed by atoms with Gasteiger partial charge in [0.05, 0.1) is 11.4 Å². The van der Waals surface area contributed by atoms with Crippen molar-refractivity contribution < 1.29 is 13.2 Å². The van der Waals surface area contributed by atoms with E-state index in [-0.39, 0.29) is 16.7 Å². The first-order valence-corrected chi connectivity index (χ1v) is 11.7. The van der Waals surface area contributed by atoms with Gasteiger partial charge in [0, 0.05) is 24.0 Å². The molecule has 7 nitrogen and oxygen atoms in total. The molecule has 9 heteroatoms. The van der Waals surface area contributed by atoms with Crippen molar-refractivity contribution in [3.8, 4) is 0 Å². The lowest BCUT2D eigenvalue weighted by Crippen LogP contribution is -2.49. The first-order valence-electron chi connectivity index (χ1n) is 9.85. The number of carbonyl (C=O) groups excluding carboxylic acids is 1. The minimum absolute atomic E-state index is 0.0584. The van der Waals surface area contributed by atoms with E-state index in [0.29, 0.717) is 18.1 Å². The third-order valence-electron chi connectivity index (χ3n) is 4.75. The summed E-state index contributed by atoms with van der Waals surface area (Å²) in [5, 5.41) is 7.44. The van der Waals surface area contributed by atoms with Gasteiger partial charge in [-0.2, -0.15) is 9.82 Å². The molecule has 3 rings (SSSR count). The van der Waals surface area contributed by atoms with Crippen LogP contribution in [0.5, 0.6) is 0 Å². The minimum Gasteiger partial charge on any atom is -0.351 e. The van der Waals surface area contributed by atoms with Gasteiger partial charge in [0.1, 0.15) is 6.04 Å². The fourth-order valence-corrected chi connectivity index (χ4v) is 4.45. The van der Waals surface area contributed by atoms with Crippen LogP contribution in [0.2, 0.25) is 5.02 Å². The number of hydrogen-bond donors (Lipinski definition) is 2. The molecule has 2 aromatic carbocycles. The fraction of sp³-hybridized carbons (Fsp3) is 0.273. The van der Waals surface area contributed by atoms with E-state index in [2.05, 4.69) is 15.1 Å². The highest BCUT2D eigenvalue weighted by atomic mass is 35.5. The number of rotatable bonds is 9. The van der Waals surface area contributed by atoms with E-state index in [4.69, 9.17) is 11.6 Å². The Balaban J connectivity index is 1.61. The van der Waals surface area contributed by atoms with E-state index in [1.54, 1.807) is 20.0 Å². The molecule has 0 saturated heterocycles. The third kappa shape index (κ3) is 6.40. The Morgan fingerprint density at radius 3 is 2.29 bits per heavy atom. The zero-order valence-corrected chi connectivity index (χ0v) is 18.9. The molecule has 1 aromatic heterocycles. The van der Waals surface area contributed by atoms with Crippen molar-refractivity contribution in [1.82, 2.24) is 19.8 Å². The summed E-state index contributed by atoms with van der Waals surface area (Å²) >= 11 is 5.83. The second kappa shape index (κ2) is 10.1. The number of halogens is 1. The zero-order valence-electron chi connectivity index (χ0n) is 17.3. The summed E-state index contributed by atoms with van der Waals surface area (Å²) in [6.07, 6.45) is 3.63. The SMILES string of the molecule is CC(C)[C@@H](NS(=O)(=O)c1ccc(Cl)cc1)C(=O)NCc1ccc(Cn2cccn2)cc1. The number of amides is 1. The van der Waals surface area contributed by atoms with Gasteiger partial charge < -0.3 is 5.32 Å². The van der Waals surface area contributed by atoms with Crippen molar-refractivity contribution in [2.75, 3.05) is 0 Å². The highest BCUT2D eigenvalue weighted by Gasteiger charge is 2.28. The van der Waals surface area contributed by atoms with Gasteiger partial charge in [-0.05, 0) is 47.4 Å². The van der Waals surface area contributed by atoms with Crippen molar-refractivity contribution in [3.05, 3.63) is 83.1 Å². The number of hydrogen-bond acceptors (Lipinski definition) is 4. The van der Waals surface area contributed by atoms with Crippen molar-refractivity contribution in [3.63, 3.8) is 0 Å². The second-order valence-electron chi connectivity index (χ2n) is 7.53. The van der Waals surface area contributed by atoms with Gasteiger partial charge in [0.25, 0.3) is 0 Å². The molecule has 0 fully saturated rings. The maximum atomic E-state index is 12.7. The summed E-state index contributed by atoms with van der Waals surface area (Å²) in [5.41, 5.74) is 2.01. The van der Waals surface area contributed by atoms with E-state index in [9.17, 15) is 13.2 Å². The molecule has 0 aliphatic carbocycles. The van der Waals surface area contributed by atoms with Gasteiger partial charge in [-0.3, -0.25) is 9.48 Å². The molecule has 0 unspecified atom stereocenters. The predicted molar refractivity (Wildman–Crippen MR) is 120 cm³/mol. The first-order chi connectivity index (χ1) is 14.7. The van der Waals surface area contributed by atoms with Gasteiger partial charge in [-0.15, -0.1) is 0 Å². The minimum atomic E-state index is -3.86. The molecule has 0 aliphatic heterocycles. The van der Waals surface area contributed by atoms with Crippen LogP contribution in [-0.4, -0.2) is 30.1 Å². The van der Waals surface area contributed by atoms with Gasteiger partial charge >= 0.3 is 0 Å². The van der Waals surface area contributed by atoms with E-state index >= 15 is 0 Å². The van der Waals surface area contributed by atoms with Crippen LogP contribution in [0.4, 0.5) is 0 Å². The third-order valence-corrected chi connectivity index (χ3v) is 6.46. The Labute approximate surface area is 187 Å². The lowest BCUT2D eigenvalue weighted by Gasteiger charge is -2.21. The van der Waals surface area contributed by atoms with E-state index < -0.39 is 16.1 Å². The Morgan fingerprint density at radius 2 is 1.71 bits per heavy atom. The van der Waals surface area contributed by atoms with Crippen LogP contribution in [-0.2, 0) is 27.9 Å². The molecule has 0 aliphatic rings. The predicted octanol–water partition coefficient (Wildman–Crippen LogP) is 3.20. The average molecular weight is 461 g/mol. The molecule has 0 bridgehead atoms. The van der Waals surface area contributed by atoms with Crippen molar-refractivity contribution in [2.45, 2.75) is 37.9 Å². The molecule has 2 N–H and O–H groups in total. The summed E-state index contributed by atoms with van der Waals surface area (Å²) in [5.74, 6) is -0.619. The van der Waals surface area contributed by atoms with Crippen LogP contribution in [0.1, 0.15) is 25.0 Å². The Morgan fingerprint density at radius 1 is 1.06 bits per heavy atom. The van der Waals surface area contributed by atoms with E-state index in [0.717, 1.165) is 11.1 Å². The molecule has 1 heterocycles. The highest BCUT2D eigenvalue weighted by Crippen LogP contribution is 2.16. The largest absolute Gasteiger partial charge is 0.351 e. The molecule has 31 heavy (non-hydrogen) atoms. The lowest BCUT2D eigenvalue weighted by molar-refractivity contribution is -0.123. The molecule has 3 aromatic rings. The highest BCUT2D eigenvalue weighted by molar-refractivity contribution is 7.89. The molecular weight excluding hydrogens is 436 g/mol.